The monoisotopic (exact) mass is 680 g/mol. The second-order valence-electron chi connectivity index (χ2n) is 12.9. The Bertz CT molecular complexity index is 1720. The van der Waals surface area contributed by atoms with E-state index in [1.165, 1.54) is 31.0 Å². The lowest BCUT2D eigenvalue weighted by atomic mass is 9.76. The molecule has 0 amide bonds. The molecule has 0 saturated heterocycles. The van der Waals surface area contributed by atoms with Gasteiger partial charge in [0.2, 0.25) is 11.8 Å². The number of ether oxygens (including phenoxy) is 1. The molecular formula is C32H36ClF3N4O5S. The minimum Gasteiger partial charge on any atom is -0.478 e. The number of anilines is 1. The first-order valence-corrected chi connectivity index (χ1v) is 16.4. The number of aromatic nitrogens is 2. The Morgan fingerprint density at radius 1 is 1.04 bits per heavy atom. The third kappa shape index (κ3) is 7.11. The number of carboxylic acids is 1. The smallest absolute Gasteiger partial charge is 0.394 e. The van der Waals surface area contributed by atoms with E-state index in [1.54, 1.807) is 6.07 Å². The summed E-state index contributed by atoms with van der Waals surface area (Å²) < 4.78 is 76.7. The summed E-state index contributed by atoms with van der Waals surface area (Å²) in [7, 11) is -4.32. The van der Waals surface area contributed by atoms with Crippen LogP contribution in [0.25, 0.3) is 11.3 Å². The normalized spacial score (nSPS) is 18.6. The van der Waals surface area contributed by atoms with Gasteiger partial charge in [0.25, 0.3) is 10.0 Å². The van der Waals surface area contributed by atoms with Crippen LogP contribution in [-0.4, -0.2) is 54.3 Å². The number of sulfonamides is 1. The number of aryl methyl sites for hydroxylation is 2. The maximum Gasteiger partial charge on any atom is 0.394 e. The summed E-state index contributed by atoms with van der Waals surface area (Å²) in [5.41, 5.74) is 1.25. The van der Waals surface area contributed by atoms with E-state index in [1.807, 2.05) is 32.0 Å². The largest absolute Gasteiger partial charge is 0.478 e. The zero-order valence-corrected chi connectivity index (χ0v) is 27.0. The Morgan fingerprint density at radius 2 is 1.70 bits per heavy atom. The van der Waals surface area contributed by atoms with Crippen molar-refractivity contribution in [2.24, 2.45) is 10.8 Å². The van der Waals surface area contributed by atoms with Gasteiger partial charge in [0.15, 0.2) is 0 Å². The molecule has 3 aromatic rings. The van der Waals surface area contributed by atoms with Gasteiger partial charge in [-0.15, -0.1) is 12.4 Å². The van der Waals surface area contributed by atoms with Gasteiger partial charge in [-0.05, 0) is 93.5 Å². The van der Waals surface area contributed by atoms with E-state index in [-0.39, 0.29) is 66.6 Å². The lowest BCUT2D eigenvalue weighted by Crippen LogP contribution is -2.50. The minimum atomic E-state index is -4.32. The summed E-state index contributed by atoms with van der Waals surface area (Å²) in [5, 5.41) is 12.7. The molecule has 9 nitrogen and oxygen atoms in total. The number of nitrogens with one attached hydrogen (secondary N) is 2. The van der Waals surface area contributed by atoms with E-state index >= 15 is 0 Å². The summed E-state index contributed by atoms with van der Waals surface area (Å²) in [6.07, 6.45) is -0.0266. The van der Waals surface area contributed by atoms with Crippen LogP contribution in [0.4, 0.5) is 19.1 Å². The van der Waals surface area contributed by atoms with E-state index < -0.39 is 33.6 Å². The fourth-order valence-electron chi connectivity index (χ4n) is 6.47. The molecule has 14 heteroatoms. The van der Waals surface area contributed by atoms with Gasteiger partial charge >= 0.3 is 12.1 Å². The first kappa shape index (κ1) is 33.9. The van der Waals surface area contributed by atoms with Gasteiger partial charge in [-0.3, -0.25) is 0 Å². The molecule has 0 unspecified atom stereocenters. The van der Waals surface area contributed by atoms with Crippen molar-refractivity contribution in [1.29, 1.82) is 0 Å². The first-order valence-electron chi connectivity index (χ1n) is 15.0. The topological polar surface area (TPSA) is 131 Å². The molecule has 248 valence electrons. The van der Waals surface area contributed by atoms with Crippen molar-refractivity contribution in [2.75, 3.05) is 11.3 Å². The van der Waals surface area contributed by atoms with Gasteiger partial charge in [-0.2, -0.15) is 18.2 Å². The number of nitrogens with zero attached hydrogens (tertiary/aromatic N) is 2. The molecule has 1 atom stereocenters. The minimum absolute atomic E-state index is 0. The highest BCUT2D eigenvalue weighted by Crippen LogP contribution is 2.62. The molecule has 46 heavy (non-hydrogen) atoms. The average molecular weight is 681 g/mol. The maximum absolute atomic E-state index is 13.9. The number of aromatic carboxylic acids is 1. The molecule has 0 radical (unpaired) electrons. The van der Waals surface area contributed by atoms with Gasteiger partial charge < -0.3 is 15.2 Å². The van der Waals surface area contributed by atoms with Crippen molar-refractivity contribution in [3.05, 3.63) is 65.2 Å². The third-order valence-electron chi connectivity index (χ3n) is 9.37. The standard InChI is InChI=1S/C32H35F3N4O5S.ClH/c1-19-5-3-6-20(2)27(19)25-14-26(38-29(37-25)39-45(42,43)24-8-4-7-21(13-24)28(40)41)44-18-23(17-31(11-12-31)32(33,34)35)36-22-15-30(16-22)9-10-30;/h3-8,13-14,22-23,36H,9-12,15-18H2,1-2H3,(H,40,41)(H,37,38,39);1H/t23-;/m1./s1. The Labute approximate surface area is 271 Å². The summed E-state index contributed by atoms with van der Waals surface area (Å²) in [4.78, 5) is 19.9. The molecule has 3 aliphatic carbocycles. The molecule has 1 heterocycles. The highest BCUT2D eigenvalue weighted by Gasteiger charge is 2.63. The van der Waals surface area contributed by atoms with Crippen molar-refractivity contribution in [3.8, 4) is 17.1 Å². The molecule has 3 fully saturated rings. The number of halogens is 4. The van der Waals surface area contributed by atoms with Crippen LogP contribution < -0.4 is 14.8 Å². The van der Waals surface area contributed by atoms with Crippen molar-refractivity contribution >= 4 is 34.3 Å². The zero-order valence-electron chi connectivity index (χ0n) is 25.4. The van der Waals surface area contributed by atoms with Crippen molar-refractivity contribution < 1.29 is 36.2 Å². The number of carbonyl (C=O) groups is 1. The van der Waals surface area contributed by atoms with E-state index in [4.69, 9.17) is 4.74 Å². The SMILES string of the molecule is Cc1cccc(C)c1-c1cc(OC[C@@H](CC2(C(F)(F)F)CC2)NC2CC3(CC3)C2)nc(NS(=O)(=O)c2cccc(C(=O)O)c2)n1.Cl. The van der Waals surface area contributed by atoms with Crippen LogP contribution in [-0.2, 0) is 10.0 Å². The van der Waals surface area contributed by atoms with Crippen LogP contribution in [0.5, 0.6) is 5.88 Å². The van der Waals surface area contributed by atoms with Gasteiger partial charge in [0.05, 0.1) is 21.6 Å². The van der Waals surface area contributed by atoms with Crippen molar-refractivity contribution in [2.45, 2.75) is 81.9 Å². The van der Waals surface area contributed by atoms with Crippen LogP contribution >= 0.6 is 12.4 Å². The van der Waals surface area contributed by atoms with Gasteiger partial charge in [0.1, 0.15) is 6.61 Å². The van der Waals surface area contributed by atoms with Crippen molar-refractivity contribution in [3.63, 3.8) is 0 Å². The van der Waals surface area contributed by atoms with E-state index in [0.29, 0.717) is 11.1 Å². The molecular weight excluding hydrogens is 645 g/mol. The van der Waals surface area contributed by atoms with E-state index in [0.717, 1.165) is 35.6 Å². The Kier molecular flexibility index (Phi) is 9.08. The van der Waals surface area contributed by atoms with Crippen molar-refractivity contribution in [1.82, 2.24) is 15.3 Å². The fourth-order valence-corrected chi connectivity index (χ4v) is 7.46. The number of carboxylic acid groups (broad SMARTS) is 1. The second kappa shape index (κ2) is 12.3. The predicted molar refractivity (Wildman–Crippen MR) is 168 cm³/mol. The highest BCUT2D eigenvalue weighted by molar-refractivity contribution is 7.92. The molecule has 3 saturated carbocycles. The Balaban J connectivity index is 0.00000417. The second-order valence-corrected chi connectivity index (χ2v) is 14.6. The molecule has 1 aromatic heterocycles. The van der Waals surface area contributed by atoms with Gasteiger partial charge in [0, 0.05) is 23.7 Å². The average Bonchev–Trinajstić information content (AvgIpc) is 3.87. The van der Waals surface area contributed by atoms with Crippen LogP contribution in [0.2, 0.25) is 0 Å². The quantitative estimate of drug-likeness (QED) is 0.193. The summed E-state index contributed by atoms with van der Waals surface area (Å²) in [6.45, 7) is 3.66. The molecule has 6 rings (SSSR count). The number of benzene rings is 2. The predicted octanol–water partition coefficient (Wildman–Crippen LogP) is 6.69. The number of alkyl halides is 3. The molecule has 0 bridgehead atoms. The summed E-state index contributed by atoms with van der Waals surface area (Å²) in [5.74, 6) is -1.61. The molecule has 1 spiro atoms. The fraction of sp³-hybridized carbons (Fsp3) is 0.469. The maximum atomic E-state index is 13.9. The van der Waals surface area contributed by atoms with E-state index in [2.05, 4.69) is 20.0 Å². The van der Waals surface area contributed by atoms with Crippen LogP contribution in [0.3, 0.4) is 0 Å². The van der Waals surface area contributed by atoms with Crippen LogP contribution in [0.1, 0.15) is 66.4 Å². The molecule has 2 aromatic carbocycles. The van der Waals surface area contributed by atoms with Gasteiger partial charge in [-0.1, -0.05) is 24.3 Å². The number of rotatable bonds is 12. The lowest BCUT2D eigenvalue weighted by molar-refractivity contribution is -0.191. The van der Waals surface area contributed by atoms with Gasteiger partial charge in [-0.25, -0.2) is 22.9 Å². The molecule has 0 aliphatic heterocycles. The lowest BCUT2D eigenvalue weighted by Gasteiger charge is -2.40. The number of hydrogen-bond acceptors (Lipinski definition) is 7. The number of hydrogen-bond donors (Lipinski definition) is 3. The van der Waals surface area contributed by atoms with E-state index in [9.17, 15) is 31.5 Å². The summed E-state index contributed by atoms with van der Waals surface area (Å²) in [6, 6.07) is 11.6. The summed E-state index contributed by atoms with van der Waals surface area (Å²) >= 11 is 0. The third-order valence-corrected chi connectivity index (χ3v) is 10.7. The Morgan fingerprint density at radius 3 is 2.28 bits per heavy atom. The highest BCUT2D eigenvalue weighted by atomic mass is 35.5. The Hall–Kier alpha value is -3.42. The first-order chi connectivity index (χ1) is 21.2. The molecule has 3 N–H and O–H groups in total. The molecule has 3 aliphatic rings. The zero-order chi connectivity index (χ0) is 32.2. The van der Waals surface area contributed by atoms with Crippen LogP contribution in [0, 0.1) is 24.7 Å². The van der Waals surface area contributed by atoms with Crippen LogP contribution in [0.15, 0.2) is 53.4 Å².